The van der Waals surface area contributed by atoms with Crippen molar-refractivity contribution in [3.05, 3.63) is 95.0 Å². The molecule has 4 rings (SSSR count). The van der Waals surface area contributed by atoms with E-state index in [0.29, 0.717) is 30.8 Å². The smallest absolute Gasteiger partial charge is 0.266 e. The fourth-order valence-corrected chi connectivity index (χ4v) is 3.15. The maximum absolute atomic E-state index is 12.4. The van der Waals surface area contributed by atoms with Gasteiger partial charge in [-0.3, -0.25) is 14.6 Å². The zero-order chi connectivity index (χ0) is 20.1. The second kappa shape index (κ2) is 8.48. The molecule has 4 aromatic rings. The molecule has 6 nitrogen and oxygen atoms in total. The first-order chi connectivity index (χ1) is 14.2. The molecule has 6 heteroatoms. The summed E-state index contributed by atoms with van der Waals surface area (Å²) in [6.45, 7) is 0.884. The molecule has 144 valence electrons. The second-order valence-corrected chi connectivity index (χ2v) is 6.69. The summed E-state index contributed by atoms with van der Waals surface area (Å²) >= 11 is 0. The highest BCUT2D eigenvalue weighted by molar-refractivity contribution is 5.98. The quantitative estimate of drug-likeness (QED) is 0.518. The highest BCUT2D eigenvalue weighted by Crippen LogP contribution is 2.15. The van der Waals surface area contributed by atoms with Crippen LogP contribution in [-0.4, -0.2) is 27.2 Å². The second-order valence-electron chi connectivity index (χ2n) is 6.69. The summed E-state index contributed by atoms with van der Waals surface area (Å²) in [5.74, 6) is -0.124. The lowest BCUT2D eigenvalue weighted by atomic mass is 10.1. The van der Waals surface area contributed by atoms with E-state index in [-0.39, 0.29) is 11.5 Å². The topological polar surface area (TPSA) is 76.9 Å². The van der Waals surface area contributed by atoms with Gasteiger partial charge in [0.15, 0.2) is 0 Å². The lowest BCUT2D eigenvalue weighted by molar-refractivity contribution is 0.0952. The van der Waals surface area contributed by atoms with Gasteiger partial charge in [-0.1, -0.05) is 30.3 Å². The van der Waals surface area contributed by atoms with Gasteiger partial charge in [0.05, 0.1) is 5.69 Å². The SMILES string of the molecule is O=C(NCCCn1nc(-c2ccncc2)ccc1=O)c1ccc2ccccc2c1. The van der Waals surface area contributed by atoms with Crippen molar-refractivity contribution in [1.82, 2.24) is 20.1 Å². The minimum atomic E-state index is -0.163. The number of rotatable bonds is 6. The molecule has 0 fully saturated rings. The lowest BCUT2D eigenvalue weighted by Crippen LogP contribution is -2.28. The van der Waals surface area contributed by atoms with E-state index in [4.69, 9.17) is 0 Å². The molecule has 2 heterocycles. The Bertz CT molecular complexity index is 1200. The number of nitrogens with zero attached hydrogens (tertiary/aromatic N) is 3. The number of aromatic nitrogens is 3. The Morgan fingerprint density at radius 3 is 2.55 bits per heavy atom. The molecule has 0 aliphatic heterocycles. The van der Waals surface area contributed by atoms with Crippen LogP contribution in [0.5, 0.6) is 0 Å². The third kappa shape index (κ3) is 4.38. The summed E-state index contributed by atoms with van der Waals surface area (Å²) in [7, 11) is 0. The molecule has 1 N–H and O–H groups in total. The van der Waals surface area contributed by atoms with Crippen molar-refractivity contribution < 1.29 is 4.79 Å². The van der Waals surface area contributed by atoms with Gasteiger partial charge in [-0.2, -0.15) is 5.10 Å². The largest absolute Gasteiger partial charge is 0.352 e. The molecule has 2 aromatic heterocycles. The molecular formula is C23H20N4O2. The fraction of sp³-hybridized carbons (Fsp3) is 0.130. The normalized spacial score (nSPS) is 10.8. The van der Waals surface area contributed by atoms with Crippen LogP contribution in [0.4, 0.5) is 0 Å². The molecule has 0 radical (unpaired) electrons. The van der Waals surface area contributed by atoms with E-state index < -0.39 is 0 Å². The zero-order valence-electron chi connectivity index (χ0n) is 15.8. The average Bonchev–Trinajstić information content (AvgIpc) is 2.78. The molecule has 0 aliphatic rings. The van der Waals surface area contributed by atoms with Crippen molar-refractivity contribution in [3.8, 4) is 11.3 Å². The minimum absolute atomic E-state index is 0.124. The molecule has 0 saturated carbocycles. The summed E-state index contributed by atoms with van der Waals surface area (Å²) in [6, 6.07) is 20.5. The summed E-state index contributed by atoms with van der Waals surface area (Å²) in [6.07, 6.45) is 3.98. The zero-order valence-corrected chi connectivity index (χ0v) is 15.8. The number of hydrogen-bond acceptors (Lipinski definition) is 4. The van der Waals surface area contributed by atoms with Crippen molar-refractivity contribution >= 4 is 16.7 Å². The van der Waals surface area contributed by atoms with Gasteiger partial charge in [0.25, 0.3) is 11.5 Å². The Balaban J connectivity index is 1.36. The lowest BCUT2D eigenvalue weighted by Gasteiger charge is -2.09. The first-order valence-electron chi connectivity index (χ1n) is 9.46. The van der Waals surface area contributed by atoms with Gasteiger partial charge in [0, 0.05) is 42.7 Å². The van der Waals surface area contributed by atoms with Gasteiger partial charge in [-0.15, -0.1) is 0 Å². The van der Waals surface area contributed by atoms with Crippen LogP contribution < -0.4 is 10.9 Å². The molecule has 0 saturated heterocycles. The van der Waals surface area contributed by atoms with E-state index in [1.807, 2.05) is 54.6 Å². The monoisotopic (exact) mass is 384 g/mol. The standard InChI is InChI=1S/C23H20N4O2/c28-22-9-8-21(18-10-13-24-14-11-18)26-27(22)15-3-12-25-23(29)20-7-6-17-4-1-2-5-19(17)16-20/h1-2,4-11,13-14,16H,3,12,15H2,(H,25,29). The predicted octanol–water partition coefficient (Wildman–Crippen LogP) is 3.28. The van der Waals surface area contributed by atoms with Gasteiger partial charge in [-0.25, -0.2) is 4.68 Å². The Kier molecular flexibility index (Phi) is 5.42. The predicted molar refractivity (Wildman–Crippen MR) is 113 cm³/mol. The van der Waals surface area contributed by atoms with Gasteiger partial charge in [0.1, 0.15) is 0 Å². The van der Waals surface area contributed by atoms with Crippen LogP contribution in [0, 0.1) is 0 Å². The van der Waals surface area contributed by atoms with E-state index in [1.54, 1.807) is 18.5 Å². The number of carbonyl (C=O) groups excluding carboxylic acids is 1. The van der Waals surface area contributed by atoms with E-state index in [9.17, 15) is 9.59 Å². The summed E-state index contributed by atoms with van der Waals surface area (Å²) in [5, 5.41) is 9.46. The van der Waals surface area contributed by atoms with Crippen LogP contribution in [0.2, 0.25) is 0 Å². The molecule has 2 aromatic carbocycles. The number of nitrogens with one attached hydrogen (secondary N) is 1. The van der Waals surface area contributed by atoms with E-state index in [1.165, 1.54) is 10.7 Å². The Labute approximate surface area is 167 Å². The van der Waals surface area contributed by atoms with Crippen molar-refractivity contribution in [2.75, 3.05) is 6.54 Å². The molecule has 0 bridgehead atoms. The summed E-state index contributed by atoms with van der Waals surface area (Å²) in [5.41, 5.74) is 2.08. The number of carbonyl (C=O) groups is 1. The van der Waals surface area contributed by atoms with Crippen LogP contribution in [0.1, 0.15) is 16.8 Å². The highest BCUT2D eigenvalue weighted by Gasteiger charge is 2.07. The van der Waals surface area contributed by atoms with Crippen molar-refractivity contribution in [1.29, 1.82) is 0 Å². The number of amides is 1. The average molecular weight is 384 g/mol. The number of aryl methyl sites for hydroxylation is 1. The van der Waals surface area contributed by atoms with Crippen LogP contribution in [0.15, 0.2) is 83.9 Å². The van der Waals surface area contributed by atoms with Gasteiger partial charge in [-0.05, 0) is 47.5 Å². The molecule has 1 amide bonds. The Morgan fingerprint density at radius 1 is 0.931 bits per heavy atom. The maximum Gasteiger partial charge on any atom is 0.266 e. The van der Waals surface area contributed by atoms with Crippen molar-refractivity contribution in [2.24, 2.45) is 0 Å². The van der Waals surface area contributed by atoms with Crippen LogP contribution >= 0.6 is 0 Å². The van der Waals surface area contributed by atoms with E-state index in [2.05, 4.69) is 15.4 Å². The molecule has 0 aliphatic carbocycles. The summed E-state index contributed by atoms with van der Waals surface area (Å²) in [4.78, 5) is 28.5. The first-order valence-corrected chi connectivity index (χ1v) is 9.46. The fourth-order valence-electron chi connectivity index (χ4n) is 3.15. The Morgan fingerprint density at radius 2 is 1.72 bits per heavy atom. The molecule has 0 atom stereocenters. The van der Waals surface area contributed by atoms with Crippen molar-refractivity contribution in [2.45, 2.75) is 13.0 Å². The molecule has 29 heavy (non-hydrogen) atoms. The number of hydrogen-bond donors (Lipinski definition) is 1. The first kappa shape index (κ1) is 18.6. The third-order valence-corrected chi connectivity index (χ3v) is 4.69. The molecular weight excluding hydrogens is 364 g/mol. The van der Waals surface area contributed by atoms with E-state index >= 15 is 0 Å². The minimum Gasteiger partial charge on any atom is -0.352 e. The van der Waals surface area contributed by atoms with E-state index in [0.717, 1.165) is 16.3 Å². The van der Waals surface area contributed by atoms with Crippen LogP contribution in [0.3, 0.4) is 0 Å². The molecule has 0 unspecified atom stereocenters. The molecule has 0 spiro atoms. The summed E-state index contributed by atoms with van der Waals surface area (Å²) < 4.78 is 1.43. The van der Waals surface area contributed by atoms with Gasteiger partial charge < -0.3 is 5.32 Å². The van der Waals surface area contributed by atoms with Crippen LogP contribution in [0.25, 0.3) is 22.0 Å². The van der Waals surface area contributed by atoms with Crippen LogP contribution in [-0.2, 0) is 6.54 Å². The third-order valence-electron chi connectivity index (χ3n) is 4.69. The van der Waals surface area contributed by atoms with Gasteiger partial charge >= 0.3 is 0 Å². The number of benzene rings is 2. The van der Waals surface area contributed by atoms with Gasteiger partial charge in [0.2, 0.25) is 0 Å². The number of pyridine rings is 1. The Hall–Kier alpha value is -3.80. The maximum atomic E-state index is 12.4. The highest BCUT2D eigenvalue weighted by atomic mass is 16.1. The number of fused-ring (bicyclic) bond motifs is 1. The van der Waals surface area contributed by atoms with Crippen molar-refractivity contribution in [3.63, 3.8) is 0 Å².